The third kappa shape index (κ3) is 4.15. The molecule has 0 spiro atoms. The minimum absolute atomic E-state index is 0.0231. The third-order valence-electron chi connectivity index (χ3n) is 4.73. The van der Waals surface area contributed by atoms with E-state index < -0.39 is 0 Å². The summed E-state index contributed by atoms with van der Waals surface area (Å²) in [6.45, 7) is 3.77. The summed E-state index contributed by atoms with van der Waals surface area (Å²) >= 11 is 6.40. The van der Waals surface area contributed by atoms with Crippen molar-refractivity contribution in [2.45, 2.75) is 19.9 Å². The van der Waals surface area contributed by atoms with Crippen LogP contribution in [0.2, 0.25) is 5.02 Å². The standard InChI is InChI=1S/C24H21ClN4O2/c1-15(2)27-23(30)17-9-4-5-11-19(17)28-24(31)21-14-16-8-3-6-12-20(16)29(21)22-18(25)10-7-13-26-22/h3-15H,1-2H3,(H,27,30)(H,28,31). The van der Waals surface area contributed by atoms with Crippen LogP contribution in [0.5, 0.6) is 0 Å². The van der Waals surface area contributed by atoms with E-state index in [2.05, 4.69) is 15.6 Å². The zero-order chi connectivity index (χ0) is 22.0. The SMILES string of the molecule is CC(C)NC(=O)c1ccccc1NC(=O)c1cc2ccccc2n1-c1ncccc1Cl. The minimum Gasteiger partial charge on any atom is -0.350 e. The number of hydrogen-bond acceptors (Lipinski definition) is 3. The topological polar surface area (TPSA) is 76.0 Å². The molecule has 2 heterocycles. The van der Waals surface area contributed by atoms with Crippen LogP contribution in [0.25, 0.3) is 16.7 Å². The molecule has 156 valence electrons. The van der Waals surface area contributed by atoms with E-state index >= 15 is 0 Å². The highest BCUT2D eigenvalue weighted by Crippen LogP contribution is 2.28. The highest BCUT2D eigenvalue weighted by molar-refractivity contribution is 6.32. The van der Waals surface area contributed by atoms with E-state index in [4.69, 9.17) is 11.6 Å². The van der Waals surface area contributed by atoms with E-state index in [1.807, 2.05) is 38.1 Å². The molecule has 6 nitrogen and oxygen atoms in total. The molecule has 0 aliphatic carbocycles. The van der Waals surface area contributed by atoms with Gasteiger partial charge in [0.05, 0.1) is 21.8 Å². The fraction of sp³-hybridized carbons (Fsp3) is 0.125. The summed E-state index contributed by atoms with van der Waals surface area (Å²) in [4.78, 5) is 30.3. The number of nitrogens with zero attached hydrogens (tertiary/aromatic N) is 2. The highest BCUT2D eigenvalue weighted by Gasteiger charge is 2.21. The number of aromatic nitrogens is 2. The van der Waals surface area contributed by atoms with E-state index in [9.17, 15) is 9.59 Å². The molecule has 2 aromatic carbocycles. The Labute approximate surface area is 184 Å². The van der Waals surface area contributed by atoms with Gasteiger partial charge in [0.1, 0.15) is 5.69 Å². The van der Waals surface area contributed by atoms with Crippen LogP contribution in [0, 0.1) is 0 Å². The van der Waals surface area contributed by atoms with Crippen LogP contribution >= 0.6 is 11.6 Å². The molecular weight excluding hydrogens is 412 g/mol. The van der Waals surface area contributed by atoms with Crippen molar-refractivity contribution in [2.24, 2.45) is 0 Å². The van der Waals surface area contributed by atoms with Gasteiger partial charge >= 0.3 is 0 Å². The van der Waals surface area contributed by atoms with Crippen molar-refractivity contribution in [2.75, 3.05) is 5.32 Å². The van der Waals surface area contributed by atoms with E-state index in [0.717, 1.165) is 10.9 Å². The first-order valence-electron chi connectivity index (χ1n) is 9.88. The number of para-hydroxylation sites is 2. The van der Waals surface area contributed by atoms with Gasteiger partial charge in [-0.2, -0.15) is 0 Å². The molecule has 0 bridgehead atoms. The second kappa shape index (κ2) is 8.62. The zero-order valence-electron chi connectivity index (χ0n) is 17.1. The molecular formula is C24H21ClN4O2. The molecule has 0 radical (unpaired) electrons. The number of hydrogen-bond donors (Lipinski definition) is 2. The maximum absolute atomic E-state index is 13.4. The first-order valence-corrected chi connectivity index (χ1v) is 10.3. The Bertz CT molecular complexity index is 1280. The predicted molar refractivity (Wildman–Crippen MR) is 123 cm³/mol. The van der Waals surface area contributed by atoms with Gasteiger partial charge < -0.3 is 10.6 Å². The van der Waals surface area contributed by atoms with Gasteiger partial charge in [-0.25, -0.2) is 4.98 Å². The average Bonchev–Trinajstić information content (AvgIpc) is 3.13. The molecule has 0 saturated carbocycles. The second-order valence-electron chi connectivity index (χ2n) is 7.36. The first kappa shape index (κ1) is 20.6. The minimum atomic E-state index is -0.372. The normalized spacial score (nSPS) is 11.0. The monoisotopic (exact) mass is 432 g/mol. The predicted octanol–water partition coefficient (Wildman–Crippen LogP) is 5.07. The quantitative estimate of drug-likeness (QED) is 0.462. The summed E-state index contributed by atoms with van der Waals surface area (Å²) in [6, 6.07) is 19.8. The Hall–Kier alpha value is -3.64. The molecule has 0 atom stereocenters. The molecule has 0 saturated heterocycles. The molecule has 4 aromatic rings. The van der Waals surface area contributed by atoms with E-state index in [1.54, 1.807) is 53.2 Å². The summed E-state index contributed by atoms with van der Waals surface area (Å²) in [5.41, 5.74) is 1.98. The molecule has 4 rings (SSSR count). The number of anilines is 1. The summed E-state index contributed by atoms with van der Waals surface area (Å²) in [7, 11) is 0. The highest BCUT2D eigenvalue weighted by atomic mass is 35.5. The third-order valence-corrected chi connectivity index (χ3v) is 5.03. The number of carbonyl (C=O) groups is 2. The zero-order valence-corrected chi connectivity index (χ0v) is 17.9. The van der Waals surface area contributed by atoms with E-state index in [0.29, 0.717) is 27.8 Å². The summed E-state index contributed by atoms with van der Waals surface area (Å²) < 4.78 is 1.73. The molecule has 0 aliphatic rings. The van der Waals surface area contributed by atoms with E-state index in [-0.39, 0.29) is 17.9 Å². The number of rotatable bonds is 5. The van der Waals surface area contributed by atoms with Gasteiger partial charge in [-0.3, -0.25) is 14.2 Å². The molecule has 0 unspecified atom stereocenters. The molecule has 7 heteroatoms. The molecule has 2 N–H and O–H groups in total. The van der Waals surface area contributed by atoms with Gasteiger partial charge in [-0.15, -0.1) is 0 Å². The lowest BCUT2D eigenvalue weighted by atomic mass is 10.1. The van der Waals surface area contributed by atoms with Crippen molar-refractivity contribution < 1.29 is 9.59 Å². The van der Waals surface area contributed by atoms with Gasteiger partial charge in [0.15, 0.2) is 5.82 Å². The second-order valence-corrected chi connectivity index (χ2v) is 7.77. The van der Waals surface area contributed by atoms with Gasteiger partial charge in [0, 0.05) is 17.6 Å². The summed E-state index contributed by atoms with van der Waals surface area (Å²) in [5.74, 6) is -0.164. The largest absolute Gasteiger partial charge is 0.350 e. The number of pyridine rings is 1. The van der Waals surface area contributed by atoms with Crippen LogP contribution in [-0.4, -0.2) is 27.4 Å². The number of halogens is 1. The van der Waals surface area contributed by atoms with Gasteiger partial charge in [-0.1, -0.05) is 41.9 Å². The Balaban J connectivity index is 1.78. The lowest BCUT2D eigenvalue weighted by molar-refractivity contribution is 0.0944. The van der Waals surface area contributed by atoms with Crippen molar-refractivity contribution in [1.82, 2.24) is 14.9 Å². The lowest BCUT2D eigenvalue weighted by Crippen LogP contribution is -2.31. The Morgan fingerprint density at radius 3 is 2.48 bits per heavy atom. The van der Waals surface area contributed by atoms with Crippen LogP contribution in [0.15, 0.2) is 72.9 Å². The number of carbonyl (C=O) groups excluding carboxylic acids is 2. The molecule has 2 aromatic heterocycles. The van der Waals surface area contributed by atoms with E-state index in [1.165, 1.54) is 0 Å². The number of amides is 2. The smallest absolute Gasteiger partial charge is 0.272 e. The van der Waals surface area contributed by atoms with Crippen molar-refractivity contribution in [3.63, 3.8) is 0 Å². The number of benzene rings is 2. The van der Waals surface area contributed by atoms with Gasteiger partial charge in [0.2, 0.25) is 0 Å². The molecule has 2 amide bonds. The summed E-state index contributed by atoms with van der Waals surface area (Å²) in [6.07, 6.45) is 1.63. The maximum atomic E-state index is 13.4. The van der Waals surface area contributed by atoms with Crippen LogP contribution in [0.1, 0.15) is 34.7 Å². The average molecular weight is 433 g/mol. The van der Waals surface area contributed by atoms with Crippen LogP contribution in [0.4, 0.5) is 5.69 Å². The molecule has 31 heavy (non-hydrogen) atoms. The molecule has 0 aliphatic heterocycles. The van der Waals surface area contributed by atoms with Crippen molar-refractivity contribution in [3.05, 3.63) is 89.2 Å². The fourth-order valence-electron chi connectivity index (χ4n) is 3.41. The number of nitrogens with one attached hydrogen (secondary N) is 2. The summed E-state index contributed by atoms with van der Waals surface area (Å²) in [5, 5.41) is 7.04. The maximum Gasteiger partial charge on any atom is 0.272 e. The first-order chi connectivity index (χ1) is 15.0. The van der Waals surface area contributed by atoms with Crippen LogP contribution < -0.4 is 10.6 Å². The Morgan fingerprint density at radius 1 is 0.968 bits per heavy atom. The Morgan fingerprint density at radius 2 is 1.71 bits per heavy atom. The van der Waals surface area contributed by atoms with Crippen molar-refractivity contribution >= 4 is 40.0 Å². The van der Waals surface area contributed by atoms with Crippen LogP contribution in [-0.2, 0) is 0 Å². The van der Waals surface area contributed by atoms with Gasteiger partial charge in [0.25, 0.3) is 11.8 Å². The number of fused-ring (bicyclic) bond motifs is 1. The van der Waals surface area contributed by atoms with Crippen LogP contribution in [0.3, 0.4) is 0 Å². The molecule has 0 fully saturated rings. The lowest BCUT2D eigenvalue weighted by Gasteiger charge is -2.14. The fourth-order valence-corrected chi connectivity index (χ4v) is 3.61. The van der Waals surface area contributed by atoms with Crippen molar-refractivity contribution in [1.29, 1.82) is 0 Å². The van der Waals surface area contributed by atoms with Crippen molar-refractivity contribution in [3.8, 4) is 5.82 Å². The van der Waals surface area contributed by atoms with Gasteiger partial charge in [-0.05, 0) is 50.2 Å². The Kier molecular flexibility index (Phi) is 5.73.